The van der Waals surface area contributed by atoms with E-state index in [9.17, 15) is 4.79 Å². The molecule has 0 amide bonds. The van der Waals surface area contributed by atoms with Crippen LogP contribution in [0.15, 0.2) is 30.4 Å². The number of aliphatic carboxylic acids is 1. The zero-order chi connectivity index (χ0) is 10.6. The van der Waals surface area contributed by atoms with Gasteiger partial charge in [0.05, 0.1) is 0 Å². The molecule has 3 N–H and O–H groups in total. The van der Waals surface area contributed by atoms with E-state index in [-0.39, 0.29) is 11.5 Å². The highest BCUT2D eigenvalue weighted by atomic mass is 16.4. The molecular weight excluding hydrogens is 184 g/mol. The molecule has 0 atom stereocenters. The molecule has 0 heterocycles. The van der Waals surface area contributed by atoms with Gasteiger partial charge < -0.3 is 15.3 Å². The number of carboxylic acid groups (broad SMARTS) is 1. The number of phenolic OH excluding ortho intramolecular Hbond substituents is 2. The summed E-state index contributed by atoms with van der Waals surface area (Å²) in [5.41, 5.74) is 0.734. The topological polar surface area (TPSA) is 77.8 Å². The predicted molar refractivity (Wildman–Crippen MR) is 50.3 cm³/mol. The van der Waals surface area contributed by atoms with Crippen LogP contribution in [0.5, 0.6) is 11.5 Å². The maximum absolute atomic E-state index is 10.1. The largest absolute Gasteiger partial charge is 0.504 e. The summed E-state index contributed by atoms with van der Waals surface area (Å²) < 4.78 is 0. The Morgan fingerprint density at radius 3 is 2.57 bits per heavy atom. The molecule has 0 saturated carbocycles. The third-order valence-electron chi connectivity index (χ3n) is 1.65. The van der Waals surface area contributed by atoms with Crippen molar-refractivity contribution >= 4 is 5.97 Å². The Morgan fingerprint density at radius 2 is 2.00 bits per heavy atom. The molecule has 0 bridgehead atoms. The molecule has 1 rings (SSSR count). The molecule has 0 unspecified atom stereocenters. The molecule has 1 aromatic rings. The van der Waals surface area contributed by atoms with E-state index in [1.807, 2.05) is 0 Å². The standard InChI is InChI=1S/C10H10O4/c11-8-5-4-7(6-9(8)12)2-1-3-10(13)14/h1,3-6,11-12H,2H2,(H,13,14). The van der Waals surface area contributed by atoms with Gasteiger partial charge in [-0.15, -0.1) is 0 Å². The lowest BCUT2D eigenvalue weighted by molar-refractivity contribution is -0.131. The zero-order valence-corrected chi connectivity index (χ0v) is 7.34. The zero-order valence-electron chi connectivity index (χ0n) is 7.34. The Morgan fingerprint density at radius 1 is 1.29 bits per heavy atom. The lowest BCUT2D eigenvalue weighted by atomic mass is 10.1. The fourth-order valence-corrected chi connectivity index (χ4v) is 0.992. The van der Waals surface area contributed by atoms with Crippen molar-refractivity contribution in [2.75, 3.05) is 0 Å². The summed E-state index contributed by atoms with van der Waals surface area (Å²) in [4.78, 5) is 10.1. The van der Waals surface area contributed by atoms with Crippen LogP contribution in [-0.2, 0) is 11.2 Å². The molecule has 0 saturated heterocycles. The molecule has 0 aliphatic rings. The molecule has 1 aromatic carbocycles. The Balaban J connectivity index is 2.69. The van der Waals surface area contributed by atoms with Gasteiger partial charge in [0.2, 0.25) is 0 Å². The van der Waals surface area contributed by atoms with Crippen molar-refractivity contribution in [2.24, 2.45) is 0 Å². The Hall–Kier alpha value is -1.97. The fraction of sp³-hybridized carbons (Fsp3) is 0.100. The van der Waals surface area contributed by atoms with Crippen molar-refractivity contribution in [1.82, 2.24) is 0 Å². The van der Waals surface area contributed by atoms with Gasteiger partial charge in [0.15, 0.2) is 11.5 Å². The number of allylic oxidation sites excluding steroid dienone is 1. The van der Waals surface area contributed by atoms with Crippen molar-refractivity contribution in [1.29, 1.82) is 0 Å². The van der Waals surface area contributed by atoms with Gasteiger partial charge in [-0.25, -0.2) is 4.79 Å². The van der Waals surface area contributed by atoms with Gasteiger partial charge in [-0.2, -0.15) is 0 Å². The maximum atomic E-state index is 10.1. The van der Waals surface area contributed by atoms with Crippen LogP contribution in [-0.4, -0.2) is 21.3 Å². The Kier molecular flexibility index (Phi) is 3.12. The van der Waals surface area contributed by atoms with E-state index < -0.39 is 5.97 Å². The van der Waals surface area contributed by atoms with Crippen LogP contribution in [0.4, 0.5) is 0 Å². The molecule has 4 heteroatoms. The van der Waals surface area contributed by atoms with Gasteiger partial charge in [0.25, 0.3) is 0 Å². The van der Waals surface area contributed by atoms with Crippen LogP contribution in [0.3, 0.4) is 0 Å². The number of benzene rings is 1. The summed E-state index contributed by atoms with van der Waals surface area (Å²) in [6, 6.07) is 4.36. The second-order valence-electron chi connectivity index (χ2n) is 2.77. The van der Waals surface area contributed by atoms with Gasteiger partial charge in [-0.1, -0.05) is 12.1 Å². The van der Waals surface area contributed by atoms with E-state index in [1.54, 1.807) is 6.07 Å². The van der Waals surface area contributed by atoms with Gasteiger partial charge in [-0.05, 0) is 24.1 Å². The van der Waals surface area contributed by atoms with Crippen molar-refractivity contribution in [3.63, 3.8) is 0 Å². The highest BCUT2D eigenvalue weighted by Crippen LogP contribution is 2.24. The van der Waals surface area contributed by atoms with E-state index in [4.69, 9.17) is 15.3 Å². The lowest BCUT2D eigenvalue weighted by Crippen LogP contribution is -1.87. The van der Waals surface area contributed by atoms with Crippen molar-refractivity contribution in [2.45, 2.75) is 6.42 Å². The smallest absolute Gasteiger partial charge is 0.327 e. The number of phenols is 2. The minimum Gasteiger partial charge on any atom is -0.504 e. The van der Waals surface area contributed by atoms with Crippen molar-refractivity contribution in [3.05, 3.63) is 35.9 Å². The summed E-state index contributed by atoms with van der Waals surface area (Å²) >= 11 is 0. The molecule has 0 spiro atoms. The predicted octanol–water partition coefficient (Wildman–Crippen LogP) is 1.28. The average molecular weight is 194 g/mol. The minimum atomic E-state index is -1.01. The van der Waals surface area contributed by atoms with Crippen LogP contribution in [0.25, 0.3) is 0 Å². The summed E-state index contributed by atoms with van der Waals surface area (Å²) in [5, 5.41) is 26.4. The number of hydrogen-bond acceptors (Lipinski definition) is 3. The minimum absolute atomic E-state index is 0.184. The number of hydrogen-bond donors (Lipinski definition) is 3. The normalized spacial score (nSPS) is 10.6. The number of aromatic hydroxyl groups is 2. The molecule has 74 valence electrons. The van der Waals surface area contributed by atoms with Crippen LogP contribution in [0, 0.1) is 0 Å². The first kappa shape index (κ1) is 10.1. The molecule has 14 heavy (non-hydrogen) atoms. The van der Waals surface area contributed by atoms with Crippen LogP contribution < -0.4 is 0 Å². The van der Waals surface area contributed by atoms with E-state index in [0.717, 1.165) is 11.6 Å². The van der Waals surface area contributed by atoms with Crippen LogP contribution >= 0.6 is 0 Å². The average Bonchev–Trinajstić information content (AvgIpc) is 2.10. The van der Waals surface area contributed by atoms with Gasteiger partial charge >= 0.3 is 5.97 Å². The van der Waals surface area contributed by atoms with Gasteiger partial charge in [0, 0.05) is 6.08 Å². The Bertz CT molecular complexity index is 368. The van der Waals surface area contributed by atoms with E-state index in [1.165, 1.54) is 18.2 Å². The first-order valence-corrected chi connectivity index (χ1v) is 4.00. The van der Waals surface area contributed by atoms with E-state index in [2.05, 4.69) is 0 Å². The fourth-order valence-electron chi connectivity index (χ4n) is 0.992. The molecular formula is C10H10O4. The molecule has 0 aliphatic carbocycles. The summed E-state index contributed by atoms with van der Waals surface area (Å²) in [6.45, 7) is 0. The number of carboxylic acids is 1. The van der Waals surface area contributed by atoms with Gasteiger partial charge in [-0.3, -0.25) is 0 Å². The SMILES string of the molecule is O=C(O)C=CCc1ccc(O)c(O)c1. The monoisotopic (exact) mass is 194 g/mol. The third-order valence-corrected chi connectivity index (χ3v) is 1.65. The third kappa shape index (κ3) is 2.82. The van der Waals surface area contributed by atoms with Crippen molar-refractivity contribution < 1.29 is 20.1 Å². The van der Waals surface area contributed by atoms with E-state index >= 15 is 0 Å². The molecule has 0 aromatic heterocycles. The second kappa shape index (κ2) is 4.32. The molecule has 0 radical (unpaired) electrons. The van der Waals surface area contributed by atoms with Gasteiger partial charge in [0.1, 0.15) is 0 Å². The highest BCUT2D eigenvalue weighted by Gasteiger charge is 1.98. The van der Waals surface area contributed by atoms with Crippen LogP contribution in [0.2, 0.25) is 0 Å². The maximum Gasteiger partial charge on any atom is 0.327 e. The first-order valence-electron chi connectivity index (χ1n) is 4.00. The first-order chi connectivity index (χ1) is 6.59. The molecule has 4 nitrogen and oxygen atoms in total. The second-order valence-corrected chi connectivity index (χ2v) is 2.77. The summed E-state index contributed by atoms with van der Waals surface area (Å²) in [5.74, 6) is -1.39. The van der Waals surface area contributed by atoms with Crippen molar-refractivity contribution in [3.8, 4) is 11.5 Å². The lowest BCUT2D eigenvalue weighted by Gasteiger charge is -1.99. The number of carbonyl (C=O) groups is 1. The molecule has 0 fully saturated rings. The van der Waals surface area contributed by atoms with E-state index in [0.29, 0.717) is 6.42 Å². The van der Waals surface area contributed by atoms with Crippen LogP contribution in [0.1, 0.15) is 5.56 Å². The number of rotatable bonds is 3. The quantitative estimate of drug-likeness (QED) is 0.500. The summed E-state index contributed by atoms with van der Waals surface area (Å²) in [6.07, 6.45) is 2.90. The summed E-state index contributed by atoms with van der Waals surface area (Å²) in [7, 11) is 0. The molecule has 0 aliphatic heterocycles. The Labute approximate surface area is 80.7 Å². The highest BCUT2D eigenvalue weighted by molar-refractivity contribution is 5.79.